The van der Waals surface area contributed by atoms with E-state index < -0.39 is 11.6 Å². The largest absolute Gasteiger partial charge is 0.375 e. The summed E-state index contributed by atoms with van der Waals surface area (Å²) in [6.07, 6.45) is 0.648. The standard InChI is InChI=1S/C20H26F2N4OS/c1-5-23-20(26(3)10-13-11-28-19(24-13)12(2)27-4)25-17-9-14(17)18-15(21)7-6-8-16(18)22/h6-8,11-12,14,17H,5,9-10H2,1-4H3,(H,23,25). The average molecular weight is 409 g/mol. The Kier molecular flexibility index (Phi) is 6.61. The SMILES string of the molecule is CCN=C(NC1CC1c1c(F)cccc1F)N(C)Cc1csc(C(C)OC)n1. The van der Waals surface area contributed by atoms with Crippen LogP contribution in [0.5, 0.6) is 0 Å². The maximum atomic E-state index is 14.0. The summed E-state index contributed by atoms with van der Waals surface area (Å²) >= 11 is 1.57. The third-order valence-electron chi connectivity index (χ3n) is 4.81. The van der Waals surface area contributed by atoms with Gasteiger partial charge in [0.15, 0.2) is 5.96 Å². The Morgan fingerprint density at radius 3 is 2.79 bits per heavy atom. The Hall–Kier alpha value is -2.06. The number of thiazole rings is 1. The predicted octanol–water partition coefficient (Wildman–Crippen LogP) is 4.08. The second-order valence-corrected chi connectivity index (χ2v) is 7.83. The molecule has 0 amide bonds. The van der Waals surface area contributed by atoms with Crippen LogP contribution in [0.3, 0.4) is 0 Å². The Labute approximate surface area is 168 Å². The fourth-order valence-corrected chi connectivity index (χ4v) is 3.97. The van der Waals surface area contributed by atoms with Crippen molar-refractivity contribution in [1.29, 1.82) is 0 Å². The summed E-state index contributed by atoms with van der Waals surface area (Å²) < 4.78 is 33.3. The van der Waals surface area contributed by atoms with Crippen LogP contribution in [0, 0.1) is 11.6 Å². The van der Waals surface area contributed by atoms with Crippen LogP contribution in [0.2, 0.25) is 0 Å². The molecule has 0 saturated heterocycles. The number of aliphatic imine (C=N–C) groups is 1. The fourth-order valence-electron chi connectivity index (χ4n) is 3.13. The molecule has 1 aromatic heterocycles. The molecule has 0 bridgehead atoms. The van der Waals surface area contributed by atoms with Gasteiger partial charge in [-0.05, 0) is 32.4 Å². The lowest BCUT2D eigenvalue weighted by Crippen LogP contribution is -2.40. The third kappa shape index (κ3) is 4.67. The zero-order valence-electron chi connectivity index (χ0n) is 16.6. The first-order chi connectivity index (χ1) is 13.4. The van der Waals surface area contributed by atoms with Crippen LogP contribution in [0.4, 0.5) is 8.78 Å². The first-order valence-corrected chi connectivity index (χ1v) is 10.3. The van der Waals surface area contributed by atoms with Crippen LogP contribution in [0.25, 0.3) is 0 Å². The summed E-state index contributed by atoms with van der Waals surface area (Å²) in [5.41, 5.74) is 1.10. The van der Waals surface area contributed by atoms with E-state index in [2.05, 4.69) is 15.3 Å². The number of benzene rings is 1. The van der Waals surface area contributed by atoms with Gasteiger partial charge in [0, 0.05) is 43.6 Å². The smallest absolute Gasteiger partial charge is 0.194 e. The number of hydrogen-bond acceptors (Lipinski definition) is 4. The number of aromatic nitrogens is 1. The minimum absolute atomic E-state index is 0.0290. The molecule has 28 heavy (non-hydrogen) atoms. The van der Waals surface area contributed by atoms with Crippen molar-refractivity contribution in [2.45, 2.75) is 44.9 Å². The van der Waals surface area contributed by atoms with E-state index in [-0.39, 0.29) is 23.6 Å². The minimum atomic E-state index is -0.487. The van der Waals surface area contributed by atoms with E-state index in [1.54, 1.807) is 18.4 Å². The minimum Gasteiger partial charge on any atom is -0.375 e. The first kappa shape index (κ1) is 20.7. The molecule has 1 aromatic carbocycles. The molecule has 0 radical (unpaired) electrons. The molecule has 8 heteroatoms. The Morgan fingerprint density at radius 1 is 1.43 bits per heavy atom. The van der Waals surface area contributed by atoms with Crippen molar-refractivity contribution in [1.82, 2.24) is 15.2 Å². The van der Waals surface area contributed by atoms with E-state index in [0.29, 0.717) is 25.5 Å². The molecule has 152 valence electrons. The Bertz CT molecular complexity index is 821. The van der Waals surface area contributed by atoms with Gasteiger partial charge >= 0.3 is 0 Å². The number of nitrogens with zero attached hydrogens (tertiary/aromatic N) is 3. The van der Waals surface area contributed by atoms with Crippen molar-refractivity contribution < 1.29 is 13.5 Å². The van der Waals surface area contributed by atoms with E-state index in [1.165, 1.54) is 18.2 Å². The molecular formula is C20H26F2N4OS. The molecule has 1 aliphatic rings. The highest BCUT2D eigenvalue weighted by Gasteiger charge is 2.42. The van der Waals surface area contributed by atoms with Crippen LogP contribution in [0.1, 0.15) is 48.6 Å². The van der Waals surface area contributed by atoms with Crippen LogP contribution in [-0.4, -0.2) is 42.6 Å². The number of guanidine groups is 1. The zero-order valence-corrected chi connectivity index (χ0v) is 17.4. The number of hydrogen-bond donors (Lipinski definition) is 1. The van der Waals surface area contributed by atoms with Crippen LogP contribution in [-0.2, 0) is 11.3 Å². The molecule has 0 spiro atoms. The highest BCUT2D eigenvalue weighted by atomic mass is 32.1. The normalized spacial score (nSPS) is 20.1. The lowest BCUT2D eigenvalue weighted by atomic mass is 10.1. The van der Waals surface area contributed by atoms with Gasteiger partial charge in [-0.1, -0.05) is 6.07 Å². The highest BCUT2D eigenvalue weighted by molar-refractivity contribution is 7.09. The van der Waals surface area contributed by atoms with Gasteiger partial charge < -0.3 is 15.0 Å². The van der Waals surface area contributed by atoms with Crippen molar-refractivity contribution in [3.8, 4) is 0 Å². The van der Waals surface area contributed by atoms with Crippen molar-refractivity contribution in [3.05, 3.63) is 51.5 Å². The summed E-state index contributed by atoms with van der Waals surface area (Å²) in [5.74, 6) is -0.441. The number of ether oxygens (including phenoxy) is 1. The summed E-state index contributed by atoms with van der Waals surface area (Å²) in [5, 5.41) is 6.30. The molecular weight excluding hydrogens is 382 g/mol. The maximum Gasteiger partial charge on any atom is 0.194 e. The van der Waals surface area contributed by atoms with Crippen LogP contribution < -0.4 is 5.32 Å². The van der Waals surface area contributed by atoms with E-state index in [1.807, 2.05) is 31.2 Å². The van der Waals surface area contributed by atoms with Gasteiger partial charge in [-0.15, -0.1) is 11.3 Å². The highest BCUT2D eigenvalue weighted by Crippen LogP contribution is 2.43. The zero-order chi connectivity index (χ0) is 20.3. The Balaban J connectivity index is 1.64. The topological polar surface area (TPSA) is 49.8 Å². The predicted molar refractivity (Wildman–Crippen MR) is 108 cm³/mol. The molecule has 1 fully saturated rings. The summed E-state index contributed by atoms with van der Waals surface area (Å²) in [7, 11) is 3.60. The van der Waals surface area contributed by atoms with E-state index in [4.69, 9.17) is 4.74 Å². The number of nitrogens with one attached hydrogen (secondary N) is 1. The van der Waals surface area contributed by atoms with E-state index in [0.717, 1.165) is 10.7 Å². The second-order valence-electron chi connectivity index (χ2n) is 6.94. The summed E-state index contributed by atoms with van der Waals surface area (Å²) in [6.45, 7) is 5.12. The molecule has 1 aliphatic carbocycles. The molecule has 2 aromatic rings. The molecule has 1 heterocycles. The lowest BCUT2D eigenvalue weighted by molar-refractivity contribution is 0.119. The molecule has 3 rings (SSSR count). The van der Waals surface area contributed by atoms with Crippen LogP contribution >= 0.6 is 11.3 Å². The number of methoxy groups -OCH3 is 1. The summed E-state index contributed by atoms with van der Waals surface area (Å²) in [4.78, 5) is 11.1. The number of halogens is 2. The molecule has 3 unspecified atom stereocenters. The first-order valence-electron chi connectivity index (χ1n) is 9.37. The van der Waals surface area contributed by atoms with E-state index in [9.17, 15) is 8.78 Å². The Morgan fingerprint density at radius 2 is 2.14 bits per heavy atom. The van der Waals surface area contributed by atoms with Gasteiger partial charge in [0.1, 0.15) is 22.7 Å². The van der Waals surface area contributed by atoms with Crippen LogP contribution in [0.15, 0.2) is 28.6 Å². The van der Waals surface area contributed by atoms with Gasteiger partial charge in [-0.2, -0.15) is 0 Å². The molecule has 3 atom stereocenters. The van der Waals surface area contributed by atoms with E-state index >= 15 is 0 Å². The lowest BCUT2D eigenvalue weighted by Gasteiger charge is -2.22. The molecule has 5 nitrogen and oxygen atoms in total. The fraction of sp³-hybridized carbons (Fsp3) is 0.500. The van der Waals surface area contributed by atoms with Gasteiger partial charge in [0.2, 0.25) is 0 Å². The van der Waals surface area contributed by atoms with Crippen molar-refractivity contribution in [3.63, 3.8) is 0 Å². The van der Waals surface area contributed by atoms with Gasteiger partial charge in [-0.25, -0.2) is 13.8 Å². The van der Waals surface area contributed by atoms with Gasteiger partial charge in [0.05, 0.1) is 12.2 Å². The quantitative estimate of drug-likeness (QED) is 0.554. The molecule has 1 N–H and O–H groups in total. The molecule has 1 saturated carbocycles. The van der Waals surface area contributed by atoms with Crippen molar-refractivity contribution in [2.24, 2.45) is 4.99 Å². The second kappa shape index (κ2) is 8.96. The van der Waals surface area contributed by atoms with Crippen molar-refractivity contribution in [2.75, 3.05) is 20.7 Å². The average Bonchev–Trinajstić information content (AvgIpc) is 3.25. The number of rotatable bonds is 7. The molecule has 0 aliphatic heterocycles. The van der Waals surface area contributed by atoms with Crippen molar-refractivity contribution >= 4 is 17.3 Å². The monoisotopic (exact) mass is 408 g/mol. The van der Waals surface area contributed by atoms with Gasteiger partial charge in [-0.3, -0.25) is 4.99 Å². The maximum absolute atomic E-state index is 14.0. The van der Waals surface area contributed by atoms with Gasteiger partial charge in [0.25, 0.3) is 0 Å². The summed E-state index contributed by atoms with van der Waals surface area (Å²) in [6, 6.07) is 3.98. The third-order valence-corrected chi connectivity index (χ3v) is 5.87.